The minimum atomic E-state index is -0.882. The van der Waals surface area contributed by atoms with Crippen molar-refractivity contribution in [2.24, 2.45) is 0 Å². The summed E-state index contributed by atoms with van der Waals surface area (Å²) < 4.78 is 5.03. The van der Waals surface area contributed by atoms with Gasteiger partial charge in [-0.15, -0.1) is 0 Å². The number of aliphatic hydroxyl groups is 2. The van der Waals surface area contributed by atoms with Gasteiger partial charge in [-0.25, -0.2) is 0 Å². The lowest BCUT2D eigenvalue weighted by molar-refractivity contribution is -0.149. The lowest BCUT2D eigenvalue weighted by atomic mass is 10.1. The first-order chi connectivity index (χ1) is 6.59. The van der Waals surface area contributed by atoms with Crippen molar-refractivity contribution >= 4 is 5.97 Å². The summed E-state index contributed by atoms with van der Waals surface area (Å²) in [4.78, 5) is 11.1. The van der Waals surface area contributed by atoms with Crippen LogP contribution < -0.4 is 0 Å². The van der Waals surface area contributed by atoms with Gasteiger partial charge in [0.2, 0.25) is 0 Å². The molecule has 1 aliphatic heterocycles. The average Bonchev–Trinajstić information content (AvgIpc) is 2.12. The van der Waals surface area contributed by atoms with E-state index in [4.69, 9.17) is 4.74 Å². The molecule has 0 aliphatic carbocycles. The molecule has 3 unspecified atom stereocenters. The molecule has 4 heteroatoms. The molecule has 3 atom stereocenters. The van der Waals surface area contributed by atoms with Crippen molar-refractivity contribution in [1.29, 1.82) is 0 Å². The van der Waals surface area contributed by atoms with E-state index in [1.54, 1.807) is 19.1 Å². The summed E-state index contributed by atoms with van der Waals surface area (Å²) in [5.74, 6) is -0.320. The van der Waals surface area contributed by atoms with Crippen LogP contribution in [0.2, 0.25) is 0 Å². The third-order valence-electron chi connectivity index (χ3n) is 2.17. The van der Waals surface area contributed by atoms with Gasteiger partial charge in [0, 0.05) is 12.8 Å². The number of carbonyl (C=O) groups is 1. The molecule has 2 N–H and O–H groups in total. The van der Waals surface area contributed by atoms with Gasteiger partial charge in [0.15, 0.2) is 0 Å². The predicted octanol–water partition coefficient (Wildman–Crippen LogP) is 0.380. The molecule has 0 radical (unpaired) electrons. The second-order valence-electron chi connectivity index (χ2n) is 3.56. The molecule has 0 amide bonds. The fourth-order valence-corrected chi connectivity index (χ4v) is 1.31. The number of hydrogen-bond acceptors (Lipinski definition) is 4. The van der Waals surface area contributed by atoms with E-state index in [0.29, 0.717) is 6.42 Å². The first-order valence-corrected chi connectivity index (χ1v) is 4.82. The van der Waals surface area contributed by atoms with Gasteiger partial charge in [0.25, 0.3) is 0 Å². The van der Waals surface area contributed by atoms with Crippen LogP contribution >= 0.6 is 0 Å². The van der Waals surface area contributed by atoms with E-state index in [2.05, 4.69) is 0 Å². The highest BCUT2D eigenvalue weighted by atomic mass is 16.5. The van der Waals surface area contributed by atoms with Gasteiger partial charge in [-0.05, 0) is 13.3 Å². The number of ether oxygens (including phenoxy) is 1. The maximum Gasteiger partial charge on any atom is 0.306 e. The summed E-state index contributed by atoms with van der Waals surface area (Å²) in [6.45, 7) is 1.80. The van der Waals surface area contributed by atoms with Crippen LogP contribution in [0.4, 0.5) is 0 Å². The Labute approximate surface area is 83.2 Å². The molecule has 1 rings (SSSR count). The van der Waals surface area contributed by atoms with Crippen LogP contribution in [0.5, 0.6) is 0 Å². The molecule has 0 saturated carbocycles. The quantitative estimate of drug-likeness (QED) is 0.438. The van der Waals surface area contributed by atoms with Crippen LogP contribution in [0.25, 0.3) is 0 Å². The number of esters is 1. The zero-order chi connectivity index (χ0) is 10.6. The van der Waals surface area contributed by atoms with Crippen LogP contribution in [0.15, 0.2) is 12.2 Å². The molecule has 0 spiro atoms. The average molecular weight is 200 g/mol. The van der Waals surface area contributed by atoms with Crippen molar-refractivity contribution in [3.63, 3.8) is 0 Å². The largest absolute Gasteiger partial charge is 0.462 e. The van der Waals surface area contributed by atoms with E-state index in [1.165, 1.54) is 0 Å². The van der Waals surface area contributed by atoms with Crippen molar-refractivity contribution < 1.29 is 19.7 Å². The van der Waals surface area contributed by atoms with E-state index in [-0.39, 0.29) is 24.9 Å². The Kier molecular flexibility index (Phi) is 4.10. The van der Waals surface area contributed by atoms with Gasteiger partial charge in [0.1, 0.15) is 6.10 Å². The number of hydrogen-bond donors (Lipinski definition) is 2. The molecule has 0 saturated heterocycles. The van der Waals surface area contributed by atoms with Crippen molar-refractivity contribution in [3.05, 3.63) is 12.2 Å². The fraction of sp³-hybridized carbons (Fsp3) is 0.700. The van der Waals surface area contributed by atoms with Crippen molar-refractivity contribution in [2.75, 3.05) is 0 Å². The highest BCUT2D eigenvalue weighted by Crippen LogP contribution is 2.10. The lowest BCUT2D eigenvalue weighted by Gasteiger charge is -2.17. The summed E-state index contributed by atoms with van der Waals surface area (Å²) in [5.41, 5.74) is 0. The Balaban J connectivity index is 2.60. The molecule has 1 heterocycles. The topological polar surface area (TPSA) is 66.8 Å². The Morgan fingerprint density at radius 2 is 2.21 bits per heavy atom. The second-order valence-corrected chi connectivity index (χ2v) is 3.56. The molecular weight excluding hydrogens is 184 g/mol. The molecule has 1 aliphatic rings. The van der Waals surface area contributed by atoms with E-state index in [1.807, 2.05) is 0 Å². The van der Waals surface area contributed by atoms with Gasteiger partial charge >= 0.3 is 5.97 Å². The number of aliphatic hydroxyl groups excluding tert-OH is 2. The zero-order valence-corrected chi connectivity index (χ0v) is 8.22. The Bertz CT molecular complexity index is 224. The van der Waals surface area contributed by atoms with Gasteiger partial charge in [-0.1, -0.05) is 12.2 Å². The van der Waals surface area contributed by atoms with Crippen LogP contribution in [-0.2, 0) is 9.53 Å². The van der Waals surface area contributed by atoms with Crippen molar-refractivity contribution in [2.45, 2.75) is 44.5 Å². The molecule has 80 valence electrons. The summed E-state index contributed by atoms with van der Waals surface area (Å²) >= 11 is 0. The van der Waals surface area contributed by atoms with Crippen LogP contribution in [-0.4, -0.2) is 34.5 Å². The van der Waals surface area contributed by atoms with Gasteiger partial charge in [-0.2, -0.15) is 0 Å². The fourth-order valence-electron chi connectivity index (χ4n) is 1.31. The third-order valence-corrected chi connectivity index (χ3v) is 2.17. The standard InChI is InChI=1S/C10H16O4/c1-7-3-2-4-8(11)9(12)5-6-10(13)14-7/h2,4,7-9,11-12H,3,5-6H2,1H3/b4-2+. The molecule has 0 aromatic heterocycles. The lowest BCUT2D eigenvalue weighted by Crippen LogP contribution is -2.26. The number of cyclic esters (lactones) is 1. The highest BCUT2D eigenvalue weighted by Gasteiger charge is 2.18. The molecule has 4 nitrogen and oxygen atoms in total. The summed E-state index contributed by atoms with van der Waals surface area (Å²) in [6, 6.07) is 0. The first-order valence-electron chi connectivity index (χ1n) is 4.82. The monoisotopic (exact) mass is 200 g/mol. The van der Waals surface area contributed by atoms with Crippen LogP contribution in [0.3, 0.4) is 0 Å². The second kappa shape index (κ2) is 5.12. The number of carbonyl (C=O) groups excluding carboxylic acids is 1. The van der Waals surface area contributed by atoms with Gasteiger partial charge in [-0.3, -0.25) is 4.79 Å². The Morgan fingerprint density at radius 1 is 1.50 bits per heavy atom. The normalized spacial score (nSPS) is 37.4. The summed E-state index contributed by atoms with van der Waals surface area (Å²) in [6.07, 6.45) is 2.28. The van der Waals surface area contributed by atoms with E-state index >= 15 is 0 Å². The molecule has 0 aromatic carbocycles. The zero-order valence-electron chi connectivity index (χ0n) is 8.22. The van der Waals surface area contributed by atoms with Crippen LogP contribution in [0.1, 0.15) is 26.2 Å². The maximum absolute atomic E-state index is 11.1. The molecular formula is C10H16O4. The van der Waals surface area contributed by atoms with Gasteiger partial charge < -0.3 is 14.9 Å². The Morgan fingerprint density at radius 3 is 2.93 bits per heavy atom. The Hall–Kier alpha value is -0.870. The summed E-state index contributed by atoms with van der Waals surface area (Å²) in [7, 11) is 0. The molecule has 14 heavy (non-hydrogen) atoms. The molecule has 0 aromatic rings. The highest BCUT2D eigenvalue weighted by molar-refractivity contribution is 5.69. The van der Waals surface area contributed by atoms with Gasteiger partial charge in [0.05, 0.1) is 12.2 Å². The van der Waals surface area contributed by atoms with Crippen molar-refractivity contribution in [3.8, 4) is 0 Å². The smallest absolute Gasteiger partial charge is 0.306 e. The molecule has 0 bridgehead atoms. The van der Waals surface area contributed by atoms with E-state index < -0.39 is 12.2 Å². The van der Waals surface area contributed by atoms with E-state index in [9.17, 15) is 15.0 Å². The SMILES string of the molecule is CC1C/C=C/C(O)C(O)CCC(=O)O1. The predicted molar refractivity (Wildman–Crippen MR) is 50.6 cm³/mol. The van der Waals surface area contributed by atoms with Crippen molar-refractivity contribution in [1.82, 2.24) is 0 Å². The first kappa shape index (κ1) is 11.2. The minimum absolute atomic E-state index is 0.149. The number of rotatable bonds is 0. The minimum Gasteiger partial charge on any atom is -0.462 e. The molecule has 0 fully saturated rings. The van der Waals surface area contributed by atoms with E-state index in [0.717, 1.165) is 0 Å². The third kappa shape index (κ3) is 3.47. The maximum atomic E-state index is 11.1. The van der Waals surface area contributed by atoms with Crippen LogP contribution in [0, 0.1) is 0 Å². The summed E-state index contributed by atoms with van der Waals surface area (Å²) in [5, 5.41) is 18.8.